The molecule has 0 aliphatic carbocycles. The Kier molecular flexibility index (Phi) is 6.47. The van der Waals surface area contributed by atoms with Gasteiger partial charge in [0.15, 0.2) is 0 Å². The molecular formula is C20H22Cl2N2O3. The minimum absolute atomic E-state index is 0.112. The number of halogens is 2. The van der Waals surface area contributed by atoms with Gasteiger partial charge < -0.3 is 14.8 Å². The number of rotatable bonds is 6. The number of nitrogens with one attached hydrogen (secondary N) is 1. The van der Waals surface area contributed by atoms with Gasteiger partial charge in [-0.3, -0.25) is 9.69 Å². The monoisotopic (exact) mass is 408 g/mol. The van der Waals surface area contributed by atoms with Crippen molar-refractivity contribution < 1.29 is 14.3 Å². The van der Waals surface area contributed by atoms with Crippen LogP contribution in [0, 0.1) is 0 Å². The predicted octanol–water partition coefficient (Wildman–Crippen LogP) is 4.79. The largest absolute Gasteiger partial charge is 0.497 e. The van der Waals surface area contributed by atoms with Gasteiger partial charge in [0.25, 0.3) is 0 Å². The zero-order valence-electron chi connectivity index (χ0n) is 15.3. The fraction of sp³-hybridized carbons (Fsp3) is 0.350. The molecule has 1 amide bonds. The number of likely N-dealkylation sites (tertiary alicyclic amines) is 1. The topological polar surface area (TPSA) is 50.8 Å². The van der Waals surface area contributed by atoms with E-state index in [2.05, 4.69) is 10.2 Å². The summed E-state index contributed by atoms with van der Waals surface area (Å²) in [5.74, 6) is 1.40. The van der Waals surface area contributed by atoms with Gasteiger partial charge in [-0.05, 0) is 43.7 Å². The van der Waals surface area contributed by atoms with Gasteiger partial charge in [-0.25, -0.2) is 0 Å². The van der Waals surface area contributed by atoms with Crippen LogP contribution in [0.1, 0.15) is 24.4 Å². The maximum atomic E-state index is 12.5. The molecular weight excluding hydrogens is 387 g/mol. The summed E-state index contributed by atoms with van der Waals surface area (Å²) < 4.78 is 10.8. The SMILES string of the molecule is COc1ccc([C@H]2CCCN2CC(=O)Nc2ccc(Cl)cc2Cl)c(OC)c1. The molecule has 1 aliphatic heterocycles. The van der Waals surface area contributed by atoms with Crippen LogP contribution in [0.15, 0.2) is 36.4 Å². The highest BCUT2D eigenvalue weighted by molar-refractivity contribution is 6.36. The number of nitrogens with zero attached hydrogens (tertiary/aromatic N) is 1. The molecule has 27 heavy (non-hydrogen) atoms. The van der Waals surface area contributed by atoms with Crippen LogP contribution in [-0.2, 0) is 4.79 Å². The van der Waals surface area contributed by atoms with Crippen molar-refractivity contribution in [3.8, 4) is 11.5 Å². The van der Waals surface area contributed by atoms with Crippen LogP contribution in [0.4, 0.5) is 5.69 Å². The zero-order chi connectivity index (χ0) is 19.4. The molecule has 5 nitrogen and oxygen atoms in total. The maximum absolute atomic E-state index is 12.5. The zero-order valence-corrected chi connectivity index (χ0v) is 16.8. The van der Waals surface area contributed by atoms with Gasteiger partial charge in [0, 0.05) is 22.7 Å². The van der Waals surface area contributed by atoms with Crippen LogP contribution >= 0.6 is 23.2 Å². The highest BCUT2D eigenvalue weighted by Crippen LogP contribution is 2.38. The second kappa shape index (κ2) is 8.83. The standard InChI is InChI=1S/C20H22Cl2N2O3/c1-26-14-6-7-15(19(11-14)27-2)18-4-3-9-24(18)12-20(25)23-17-8-5-13(21)10-16(17)22/h5-8,10-11,18H,3-4,9,12H2,1-2H3,(H,23,25)/t18-/m1/s1. The Labute approximate surface area is 169 Å². The Morgan fingerprint density at radius 2 is 2.00 bits per heavy atom. The average Bonchev–Trinajstić information content (AvgIpc) is 3.11. The van der Waals surface area contributed by atoms with E-state index < -0.39 is 0 Å². The molecule has 2 aromatic rings. The van der Waals surface area contributed by atoms with Gasteiger partial charge in [-0.15, -0.1) is 0 Å². The molecule has 7 heteroatoms. The van der Waals surface area contributed by atoms with E-state index in [1.165, 1.54) is 0 Å². The molecule has 1 heterocycles. The maximum Gasteiger partial charge on any atom is 0.238 e. The fourth-order valence-corrected chi connectivity index (χ4v) is 3.88. The van der Waals surface area contributed by atoms with Crippen molar-refractivity contribution >= 4 is 34.8 Å². The number of amides is 1. The van der Waals surface area contributed by atoms with Crippen LogP contribution in [0.25, 0.3) is 0 Å². The van der Waals surface area contributed by atoms with E-state index in [-0.39, 0.29) is 18.5 Å². The number of hydrogen-bond donors (Lipinski definition) is 1. The molecule has 0 aromatic heterocycles. The van der Waals surface area contributed by atoms with Crippen molar-refractivity contribution in [2.45, 2.75) is 18.9 Å². The molecule has 1 aliphatic rings. The quantitative estimate of drug-likeness (QED) is 0.746. The molecule has 0 saturated carbocycles. The lowest BCUT2D eigenvalue weighted by atomic mass is 10.0. The van der Waals surface area contributed by atoms with Crippen LogP contribution in [-0.4, -0.2) is 38.1 Å². The Morgan fingerprint density at radius 3 is 2.70 bits per heavy atom. The molecule has 0 spiro atoms. The third kappa shape index (κ3) is 4.67. The first-order valence-corrected chi connectivity index (χ1v) is 9.48. The van der Waals surface area contributed by atoms with E-state index in [9.17, 15) is 4.79 Å². The van der Waals surface area contributed by atoms with E-state index in [0.717, 1.165) is 36.4 Å². The molecule has 0 bridgehead atoms. The highest BCUT2D eigenvalue weighted by atomic mass is 35.5. The molecule has 0 radical (unpaired) electrons. The number of carbonyl (C=O) groups excluding carboxylic acids is 1. The smallest absolute Gasteiger partial charge is 0.238 e. The summed E-state index contributed by atoms with van der Waals surface area (Å²) in [6.45, 7) is 1.13. The number of benzene rings is 2. The first kappa shape index (κ1) is 19.8. The molecule has 2 aromatic carbocycles. The van der Waals surface area contributed by atoms with Gasteiger partial charge in [0.2, 0.25) is 5.91 Å². The van der Waals surface area contributed by atoms with Crippen LogP contribution in [0.3, 0.4) is 0 Å². The van der Waals surface area contributed by atoms with Crippen molar-refractivity contribution in [3.63, 3.8) is 0 Å². The minimum Gasteiger partial charge on any atom is -0.497 e. The lowest BCUT2D eigenvalue weighted by Crippen LogP contribution is -2.33. The molecule has 0 unspecified atom stereocenters. The van der Waals surface area contributed by atoms with E-state index in [1.54, 1.807) is 32.4 Å². The summed E-state index contributed by atoms with van der Waals surface area (Å²) in [4.78, 5) is 14.7. The molecule has 144 valence electrons. The molecule has 1 N–H and O–H groups in total. The number of methoxy groups -OCH3 is 2. The van der Waals surface area contributed by atoms with Gasteiger partial charge in [0.1, 0.15) is 11.5 Å². The molecule has 1 saturated heterocycles. The molecule has 3 rings (SSSR count). The Balaban J connectivity index is 1.72. The number of ether oxygens (including phenoxy) is 2. The fourth-order valence-electron chi connectivity index (χ4n) is 3.43. The summed E-state index contributed by atoms with van der Waals surface area (Å²) in [7, 11) is 3.27. The van der Waals surface area contributed by atoms with Crippen molar-refractivity contribution in [3.05, 3.63) is 52.0 Å². The van der Waals surface area contributed by atoms with Crippen LogP contribution in [0.2, 0.25) is 10.0 Å². The van der Waals surface area contributed by atoms with Crippen molar-refractivity contribution in [1.29, 1.82) is 0 Å². The number of anilines is 1. The van der Waals surface area contributed by atoms with Gasteiger partial charge >= 0.3 is 0 Å². The third-order valence-electron chi connectivity index (χ3n) is 4.72. The van der Waals surface area contributed by atoms with Crippen molar-refractivity contribution in [2.75, 3.05) is 32.6 Å². The van der Waals surface area contributed by atoms with E-state index >= 15 is 0 Å². The van der Waals surface area contributed by atoms with Gasteiger partial charge in [-0.1, -0.05) is 29.3 Å². The van der Waals surface area contributed by atoms with Gasteiger partial charge in [-0.2, -0.15) is 0 Å². The summed E-state index contributed by atoms with van der Waals surface area (Å²) in [5, 5.41) is 3.81. The second-order valence-electron chi connectivity index (χ2n) is 6.41. The van der Waals surface area contributed by atoms with E-state index in [0.29, 0.717) is 15.7 Å². The third-order valence-corrected chi connectivity index (χ3v) is 5.26. The van der Waals surface area contributed by atoms with Gasteiger partial charge in [0.05, 0.1) is 31.5 Å². The van der Waals surface area contributed by atoms with Crippen LogP contribution in [0.5, 0.6) is 11.5 Å². The lowest BCUT2D eigenvalue weighted by Gasteiger charge is -2.26. The van der Waals surface area contributed by atoms with Crippen molar-refractivity contribution in [1.82, 2.24) is 4.90 Å². The summed E-state index contributed by atoms with van der Waals surface area (Å²) in [6, 6.07) is 10.9. The van der Waals surface area contributed by atoms with E-state index in [4.69, 9.17) is 32.7 Å². The first-order chi connectivity index (χ1) is 13.0. The van der Waals surface area contributed by atoms with Crippen LogP contribution < -0.4 is 14.8 Å². The summed E-state index contributed by atoms with van der Waals surface area (Å²) >= 11 is 12.0. The summed E-state index contributed by atoms with van der Waals surface area (Å²) in [5.41, 5.74) is 1.62. The Morgan fingerprint density at radius 1 is 1.19 bits per heavy atom. The first-order valence-electron chi connectivity index (χ1n) is 8.72. The predicted molar refractivity (Wildman–Crippen MR) is 108 cm³/mol. The lowest BCUT2D eigenvalue weighted by molar-refractivity contribution is -0.117. The van der Waals surface area contributed by atoms with E-state index in [1.807, 2.05) is 18.2 Å². The highest BCUT2D eigenvalue weighted by Gasteiger charge is 2.30. The molecule has 1 fully saturated rings. The molecule has 1 atom stereocenters. The Bertz CT molecular complexity index is 829. The minimum atomic E-state index is -0.112. The summed E-state index contributed by atoms with van der Waals surface area (Å²) in [6.07, 6.45) is 1.99. The second-order valence-corrected chi connectivity index (χ2v) is 7.25. The normalized spacial score (nSPS) is 17.0. The number of hydrogen-bond acceptors (Lipinski definition) is 4. The van der Waals surface area contributed by atoms with Crippen molar-refractivity contribution in [2.24, 2.45) is 0 Å². The Hall–Kier alpha value is -1.95. The number of carbonyl (C=O) groups is 1. The average molecular weight is 409 g/mol.